The summed E-state index contributed by atoms with van der Waals surface area (Å²) in [4.78, 5) is 27.5. The van der Waals surface area contributed by atoms with E-state index in [2.05, 4.69) is 47.2 Å². The fraction of sp³-hybridized carbons (Fsp3) is 0.156. The Bertz CT molecular complexity index is 1990. The highest BCUT2D eigenvalue weighted by atomic mass is 32.2. The van der Waals surface area contributed by atoms with Crippen LogP contribution in [0.25, 0.3) is 22.7 Å². The van der Waals surface area contributed by atoms with Crippen LogP contribution < -0.4 is 10.1 Å². The van der Waals surface area contributed by atoms with E-state index >= 15 is 0 Å². The van der Waals surface area contributed by atoms with Gasteiger partial charge < -0.3 is 0 Å². The van der Waals surface area contributed by atoms with Crippen LogP contribution >= 0.6 is 35.3 Å². The molecule has 1 aliphatic carbocycles. The number of pyridine rings is 2. The maximum absolute atomic E-state index is 13.3. The molecule has 0 N–H and O–H groups in total. The highest BCUT2D eigenvalue weighted by Gasteiger charge is 2.35. The van der Waals surface area contributed by atoms with Gasteiger partial charge in [0.25, 0.3) is 4.74 Å². The maximum Gasteiger partial charge on any atom is 0.259 e. The summed E-state index contributed by atoms with van der Waals surface area (Å²) in [5.74, 6) is 0. The number of benzene rings is 1. The van der Waals surface area contributed by atoms with Crippen molar-refractivity contribution in [1.29, 1.82) is 0 Å². The minimum absolute atomic E-state index is 0.0393. The average molecular weight is 577 g/mol. The number of allylic oxidation sites excluding steroid dienone is 2. The molecule has 7 rings (SSSR count). The minimum Gasteiger partial charge on any atom is -0.275 e. The average Bonchev–Trinajstić information content (AvgIpc) is 3.29. The van der Waals surface area contributed by atoms with Crippen molar-refractivity contribution in [2.45, 2.75) is 36.5 Å². The second kappa shape index (κ2) is 10.4. The predicted octanol–water partition coefficient (Wildman–Crippen LogP) is 7.00. The quantitative estimate of drug-likeness (QED) is 0.170. The summed E-state index contributed by atoms with van der Waals surface area (Å²) < 4.78 is 2.49. The molecule has 1 aromatic carbocycles. The summed E-state index contributed by atoms with van der Waals surface area (Å²) in [6, 6.07) is 16.4. The molecule has 0 spiro atoms. The number of aryl methyl sites for hydroxylation is 1. The van der Waals surface area contributed by atoms with Crippen LogP contribution in [-0.4, -0.2) is 19.4 Å². The van der Waals surface area contributed by atoms with Crippen molar-refractivity contribution in [2.75, 3.05) is 0 Å². The second-order valence-corrected chi connectivity index (χ2v) is 12.4. The highest BCUT2D eigenvalue weighted by Crippen LogP contribution is 2.55. The molecule has 5 aromatic rings. The van der Waals surface area contributed by atoms with Crippen molar-refractivity contribution >= 4 is 58.0 Å². The van der Waals surface area contributed by atoms with E-state index in [1.54, 1.807) is 11.8 Å². The number of hydrogen-bond donors (Lipinski definition) is 0. The number of thiazole rings is 1. The zero-order valence-corrected chi connectivity index (χ0v) is 24.2. The fourth-order valence-corrected chi connectivity index (χ4v) is 8.29. The summed E-state index contributed by atoms with van der Waals surface area (Å²) in [5.41, 5.74) is 9.22. The molecule has 0 saturated heterocycles. The highest BCUT2D eigenvalue weighted by molar-refractivity contribution is 7.99. The molecule has 0 fully saturated rings. The third-order valence-corrected chi connectivity index (χ3v) is 9.97. The van der Waals surface area contributed by atoms with Crippen LogP contribution in [0.15, 0.2) is 94.3 Å². The van der Waals surface area contributed by atoms with Gasteiger partial charge in [-0.05, 0) is 89.9 Å². The zero-order valence-electron chi connectivity index (χ0n) is 21.7. The van der Waals surface area contributed by atoms with Crippen molar-refractivity contribution in [2.24, 2.45) is 0 Å². The molecule has 8 heteroatoms. The standard InChI is InChI=1S/C32H24N4OS3/c1-19-5-7-20(8-6-19)18-25-31(37)40-32-35-29-27(30(38)36(25)32)26-23(17-21-9-13-33-14-10-21)3-2-4-24(26)28(39-29)22-11-15-34-16-12-22/h5-18,28H,2-4H2,1H3/b23-17+,25-18+. The summed E-state index contributed by atoms with van der Waals surface area (Å²) in [6.07, 6.45) is 14.5. The number of fused-ring (bicyclic) bond motifs is 3. The van der Waals surface area contributed by atoms with Gasteiger partial charge in [0.2, 0.25) is 0 Å². The van der Waals surface area contributed by atoms with Crippen LogP contribution in [0, 0.1) is 11.6 Å². The van der Waals surface area contributed by atoms with Gasteiger partial charge in [0.15, 0.2) is 4.96 Å². The molecule has 1 unspecified atom stereocenters. The van der Waals surface area contributed by atoms with E-state index in [-0.39, 0.29) is 9.99 Å². The largest absolute Gasteiger partial charge is 0.275 e. The molecule has 0 bridgehead atoms. The molecule has 5 nitrogen and oxygen atoms in total. The lowest BCUT2D eigenvalue weighted by Gasteiger charge is -2.34. The summed E-state index contributed by atoms with van der Waals surface area (Å²) in [5, 5.41) is 1.56. The van der Waals surface area contributed by atoms with Crippen molar-refractivity contribution in [3.8, 4) is 0 Å². The van der Waals surface area contributed by atoms with Gasteiger partial charge in [-0.3, -0.25) is 19.2 Å². The van der Waals surface area contributed by atoms with E-state index in [4.69, 9.17) is 17.2 Å². The first-order valence-corrected chi connectivity index (χ1v) is 15.3. The summed E-state index contributed by atoms with van der Waals surface area (Å²) in [6.45, 7) is 2.05. The van der Waals surface area contributed by atoms with E-state index in [0.717, 1.165) is 52.3 Å². The van der Waals surface area contributed by atoms with Crippen LogP contribution in [-0.2, 0) is 0 Å². The van der Waals surface area contributed by atoms with Crippen molar-refractivity contribution in [3.63, 3.8) is 0 Å². The van der Waals surface area contributed by atoms with Gasteiger partial charge in [-0.2, -0.15) is 0 Å². The summed E-state index contributed by atoms with van der Waals surface area (Å²) >= 11 is 9.13. The number of thioether (sulfide) groups is 1. The number of aromatic nitrogens is 4. The summed E-state index contributed by atoms with van der Waals surface area (Å²) in [7, 11) is 0. The zero-order chi connectivity index (χ0) is 27.2. The molecule has 5 heterocycles. The Morgan fingerprint density at radius 1 is 0.925 bits per heavy atom. The second-order valence-electron chi connectivity index (χ2n) is 10.0. The third kappa shape index (κ3) is 4.46. The Kier molecular flexibility index (Phi) is 6.54. The van der Waals surface area contributed by atoms with E-state index in [1.165, 1.54) is 27.8 Å². The fourth-order valence-electron chi connectivity index (χ4n) is 5.54. The van der Waals surface area contributed by atoms with E-state index in [9.17, 15) is 4.79 Å². The Hall–Kier alpha value is -3.72. The lowest BCUT2D eigenvalue weighted by Crippen LogP contribution is -2.25. The van der Waals surface area contributed by atoms with Gasteiger partial charge >= 0.3 is 0 Å². The van der Waals surface area contributed by atoms with Gasteiger partial charge in [0, 0.05) is 30.4 Å². The lowest BCUT2D eigenvalue weighted by atomic mass is 9.80. The molecular weight excluding hydrogens is 553 g/mol. The first-order valence-electron chi connectivity index (χ1n) is 13.2. The van der Waals surface area contributed by atoms with Gasteiger partial charge in [-0.25, -0.2) is 4.98 Å². The number of nitrogens with zero attached hydrogens (tertiary/aromatic N) is 4. The SMILES string of the molecule is Cc1ccc(/C=c2\c(=O)sc3nc4c(c(=S)n23)C2=C(CCC/C2=C\c2ccncc2)C(c2ccncc2)S4)cc1. The van der Waals surface area contributed by atoms with E-state index in [1.807, 2.05) is 59.5 Å². The van der Waals surface area contributed by atoms with Gasteiger partial charge in [-0.15, -0.1) is 0 Å². The van der Waals surface area contributed by atoms with Crippen LogP contribution in [0.5, 0.6) is 0 Å². The molecule has 1 aliphatic heterocycles. The Morgan fingerprint density at radius 3 is 2.38 bits per heavy atom. The number of hydrogen-bond acceptors (Lipinski definition) is 7. The Morgan fingerprint density at radius 2 is 1.62 bits per heavy atom. The number of rotatable bonds is 3. The van der Waals surface area contributed by atoms with Crippen LogP contribution in [0.4, 0.5) is 0 Å². The van der Waals surface area contributed by atoms with Gasteiger partial charge in [0.05, 0.1) is 5.25 Å². The van der Waals surface area contributed by atoms with Gasteiger partial charge in [-0.1, -0.05) is 71.2 Å². The van der Waals surface area contributed by atoms with Crippen molar-refractivity contribution in [1.82, 2.24) is 19.4 Å². The molecule has 0 amide bonds. The van der Waals surface area contributed by atoms with Crippen LogP contribution in [0.1, 0.15) is 52.3 Å². The molecule has 2 aliphatic rings. The lowest BCUT2D eigenvalue weighted by molar-refractivity contribution is 0.762. The predicted molar refractivity (Wildman–Crippen MR) is 166 cm³/mol. The van der Waals surface area contributed by atoms with E-state index < -0.39 is 0 Å². The molecule has 0 radical (unpaired) electrons. The third-order valence-electron chi connectivity index (χ3n) is 7.42. The van der Waals surface area contributed by atoms with Crippen molar-refractivity contribution in [3.05, 3.63) is 132 Å². The first-order chi connectivity index (χ1) is 19.6. The van der Waals surface area contributed by atoms with Crippen LogP contribution in [0.3, 0.4) is 0 Å². The molecular formula is C32H24N4OS3. The first kappa shape index (κ1) is 25.3. The maximum atomic E-state index is 13.3. The smallest absolute Gasteiger partial charge is 0.259 e. The van der Waals surface area contributed by atoms with Crippen LogP contribution in [0.2, 0.25) is 0 Å². The Balaban J connectivity index is 1.52. The van der Waals surface area contributed by atoms with Gasteiger partial charge in [0.1, 0.15) is 15.0 Å². The minimum atomic E-state index is -0.0393. The normalized spacial score (nSPS) is 18.3. The monoisotopic (exact) mass is 576 g/mol. The Labute approximate surface area is 244 Å². The molecule has 196 valence electrons. The topological polar surface area (TPSA) is 60.2 Å². The molecule has 4 aromatic heterocycles. The molecule has 40 heavy (non-hydrogen) atoms. The van der Waals surface area contributed by atoms with Crippen molar-refractivity contribution < 1.29 is 0 Å². The molecule has 0 saturated carbocycles. The molecule has 1 atom stereocenters. The van der Waals surface area contributed by atoms with E-state index in [0.29, 0.717) is 15.0 Å².